The fourth-order valence-electron chi connectivity index (χ4n) is 1.79. The van der Waals surface area contributed by atoms with Gasteiger partial charge in [-0.2, -0.15) is 0 Å². The quantitative estimate of drug-likeness (QED) is 0.770. The third-order valence-electron chi connectivity index (χ3n) is 2.80. The van der Waals surface area contributed by atoms with Gasteiger partial charge >= 0.3 is 0 Å². The maximum absolute atomic E-state index is 10.9. The summed E-state index contributed by atoms with van der Waals surface area (Å²) in [7, 11) is 0. The zero-order chi connectivity index (χ0) is 15.8. The summed E-state index contributed by atoms with van der Waals surface area (Å²) in [5.74, 6) is 1.21. The molecule has 0 radical (unpaired) electrons. The van der Waals surface area contributed by atoms with Gasteiger partial charge in [0.1, 0.15) is 12.4 Å². The van der Waals surface area contributed by atoms with E-state index < -0.39 is 6.10 Å². The van der Waals surface area contributed by atoms with Crippen molar-refractivity contribution in [1.29, 1.82) is 0 Å². The Kier molecular flexibility index (Phi) is 6.30. The minimum Gasteiger partial charge on any atom is -0.491 e. The van der Waals surface area contributed by atoms with Crippen molar-refractivity contribution in [3.8, 4) is 5.75 Å². The molecule has 1 atom stereocenters. The van der Waals surface area contributed by atoms with Crippen molar-refractivity contribution < 1.29 is 14.6 Å². The Morgan fingerprint density at radius 3 is 2.50 bits per heavy atom. The minimum atomic E-state index is -0.541. The Morgan fingerprint density at radius 1 is 1.18 bits per heavy atom. The zero-order valence-electron chi connectivity index (χ0n) is 12.4. The van der Waals surface area contributed by atoms with Gasteiger partial charge in [0.2, 0.25) is 5.91 Å². The van der Waals surface area contributed by atoms with E-state index in [1.54, 1.807) is 11.8 Å². The first-order valence-corrected chi connectivity index (χ1v) is 7.98. The van der Waals surface area contributed by atoms with Crippen molar-refractivity contribution >= 4 is 23.4 Å². The number of thioether (sulfide) groups is 1. The van der Waals surface area contributed by atoms with Crippen LogP contribution in [0.5, 0.6) is 5.75 Å². The topological polar surface area (TPSA) is 58.6 Å². The number of aliphatic hydroxyl groups excluding tert-OH is 1. The van der Waals surface area contributed by atoms with Crippen molar-refractivity contribution in [2.75, 3.05) is 17.7 Å². The van der Waals surface area contributed by atoms with Gasteiger partial charge in [0.05, 0.1) is 6.10 Å². The third kappa shape index (κ3) is 5.79. The number of para-hydroxylation sites is 1. The Bertz CT molecular complexity index is 587. The predicted molar refractivity (Wildman–Crippen MR) is 89.4 cm³/mol. The van der Waals surface area contributed by atoms with Crippen molar-refractivity contribution in [3.05, 3.63) is 54.6 Å². The van der Waals surface area contributed by atoms with E-state index in [4.69, 9.17) is 4.74 Å². The Labute approximate surface area is 134 Å². The van der Waals surface area contributed by atoms with Gasteiger partial charge in [0.15, 0.2) is 0 Å². The van der Waals surface area contributed by atoms with E-state index in [9.17, 15) is 9.90 Å². The van der Waals surface area contributed by atoms with Crippen LogP contribution in [0.2, 0.25) is 0 Å². The number of aliphatic hydroxyl groups is 1. The van der Waals surface area contributed by atoms with Crippen molar-refractivity contribution in [2.24, 2.45) is 0 Å². The van der Waals surface area contributed by atoms with Crippen LogP contribution in [0.3, 0.4) is 0 Å². The number of anilines is 1. The maximum atomic E-state index is 10.9. The van der Waals surface area contributed by atoms with Crippen LogP contribution in [-0.2, 0) is 4.79 Å². The number of rotatable bonds is 7. The molecule has 0 saturated carbocycles. The molecule has 0 aliphatic heterocycles. The van der Waals surface area contributed by atoms with Crippen LogP contribution < -0.4 is 10.1 Å². The minimum absolute atomic E-state index is 0.0890. The molecule has 5 heteroatoms. The molecule has 0 unspecified atom stereocenters. The van der Waals surface area contributed by atoms with E-state index in [2.05, 4.69) is 5.32 Å². The standard InChI is InChI=1S/C17H19NO3S/c1-13(19)18-14-7-9-17(10-8-14)22-12-15(20)11-21-16-5-3-2-4-6-16/h2-10,15,20H,11-12H2,1H3,(H,18,19)/t15-/m0/s1. The molecule has 0 aromatic heterocycles. The summed E-state index contributed by atoms with van der Waals surface area (Å²) in [5, 5.41) is 12.7. The van der Waals surface area contributed by atoms with Gasteiger partial charge in [-0.15, -0.1) is 11.8 Å². The second-order valence-corrected chi connectivity index (χ2v) is 5.89. The molecule has 22 heavy (non-hydrogen) atoms. The molecule has 0 spiro atoms. The van der Waals surface area contributed by atoms with Crippen LogP contribution in [0.1, 0.15) is 6.92 Å². The predicted octanol–water partition coefficient (Wildman–Crippen LogP) is 3.18. The van der Waals surface area contributed by atoms with E-state index in [0.717, 1.165) is 16.3 Å². The third-order valence-corrected chi connectivity index (χ3v) is 3.96. The molecule has 2 aromatic carbocycles. The lowest BCUT2D eigenvalue weighted by molar-refractivity contribution is -0.114. The Balaban J connectivity index is 1.73. The molecule has 0 saturated heterocycles. The van der Waals surface area contributed by atoms with Crippen LogP contribution in [0.25, 0.3) is 0 Å². The number of carbonyl (C=O) groups is 1. The normalized spacial score (nSPS) is 11.7. The summed E-state index contributed by atoms with van der Waals surface area (Å²) in [6.45, 7) is 1.74. The monoisotopic (exact) mass is 317 g/mol. The first-order valence-electron chi connectivity index (χ1n) is 7.00. The fourth-order valence-corrected chi connectivity index (χ4v) is 2.60. The Hall–Kier alpha value is -1.98. The average molecular weight is 317 g/mol. The lowest BCUT2D eigenvalue weighted by atomic mass is 10.3. The molecule has 4 nitrogen and oxygen atoms in total. The molecule has 0 heterocycles. The second-order valence-electron chi connectivity index (χ2n) is 4.79. The number of ether oxygens (including phenoxy) is 1. The van der Waals surface area contributed by atoms with Gasteiger partial charge in [-0.25, -0.2) is 0 Å². The van der Waals surface area contributed by atoms with E-state index in [-0.39, 0.29) is 12.5 Å². The summed E-state index contributed by atoms with van der Waals surface area (Å²) in [4.78, 5) is 12.0. The van der Waals surface area contributed by atoms with E-state index in [1.165, 1.54) is 6.92 Å². The molecule has 2 aromatic rings. The summed E-state index contributed by atoms with van der Waals surface area (Å²) < 4.78 is 5.51. The van der Waals surface area contributed by atoms with Crippen molar-refractivity contribution in [1.82, 2.24) is 0 Å². The highest BCUT2D eigenvalue weighted by Crippen LogP contribution is 2.21. The molecular formula is C17H19NO3S. The highest BCUT2D eigenvalue weighted by molar-refractivity contribution is 7.99. The van der Waals surface area contributed by atoms with Crippen LogP contribution >= 0.6 is 11.8 Å². The van der Waals surface area contributed by atoms with Gasteiger partial charge in [0.25, 0.3) is 0 Å². The highest BCUT2D eigenvalue weighted by atomic mass is 32.2. The maximum Gasteiger partial charge on any atom is 0.221 e. The van der Waals surface area contributed by atoms with Crippen LogP contribution in [0.4, 0.5) is 5.69 Å². The van der Waals surface area contributed by atoms with E-state index >= 15 is 0 Å². The van der Waals surface area contributed by atoms with Gasteiger partial charge < -0.3 is 15.2 Å². The lowest BCUT2D eigenvalue weighted by Crippen LogP contribution is -2.19. The molecule has 0 bridgehead atoms. The smallest absolute Gasteiger partial charge is 0.221 e. The van der Waals surface area contributed by atoms with Crippen LogP contribution in [0, 0.1) is 0 Å². The molecule has 0 aliphatic rings. The number of amides is 1. The van der Waals surface area contributed by atoms with Gasteiger partial charge in [0, 0.05) is 23.3 Å². The summed E-state index contributed by atoms with van der Waals surface area (Å²) in [5.41, 5.74) is 0.768. The highest BCUT2D eigenvalue weighted by Gasteiger charge is 2.06. The average Bonchev–Trinajstić information content (AvgIpc) is 2.53. The fraction of sp³-hybridized carbons (Fsp3) is 0.235. The molecule has 2 N–H and O–H groups in total. The number of carbonyl (C=O) groups excluding carboxylic acids is 1. The Morgan fingerprint density at radius 2 is 1.86 bits per heavy atom. The van der Waals surface area contributed by atoms with E-state index in [1.807, 2.05) is 54.6 Å². The van der Waals surface area contributed by atoms with Gasteiger partial charge in [-0.05, 0) is 36.4 Å². The van der Waals surface area contributed by atoms with Crippen LogP contribution in [-0.4, -0.2) is 29.5 Å². The van der Waals surface area contributed by atoms with Crippen molar-refractivity contribution in [2.45, 2.75) is 17.9 Å². The van der Waals surface area contributed by atoms with Gasteiger partial charge in [-0.3, -0.25) is 4.79 Å². The first kappa shape index (κ1) is 16.4. The van der Waals surface area contributed by atoms with E-state index in [0.29, 0.717) is 5.75 Å². The molecule has 2 rings (SSSR count). The number of benzene rings is 2. The summed E-state index contributed by atoms with van der Waals surface area (Å²) >= 11 is 1.55. The zero-order valence-corrected chi connectivity index (χ0v) is 13.2. The molecule has 116 valence electrons. The SMILES string of the molecule is CC(=O)Nc1ccc(SC[C@@H](O)COc2ccccc2)cc1. The van der Waals surface area contributed by atoms with Crippen LogP contribution in [0.15, 0.2) is 59.5 Å². The second kappa shape index (κ2) is 8.46. The summed E-state index contributed by atoms with van der Waals surface area (Å²) in [6.07, 6.45) is -0.541. The van der Waals surface area contributed by atoms with Crippen molar-refractivity contribution in [3.63, 3.8) is 0 Å². The lowest BCUT2D eigenvalue weighted by Gasteiger charge is -2.12. The molecule has 0 fully saturated rings. The molecular weight excluding hydrogens is 298 g/mol. The largest absolute Gasteiger partial charge is 0.491 e. The number of hydrogen-bond acceptors (Lipinski definition) is 4. The number of nitrogens with one attached hydrogen (secondary N) is 1. The van der Waals surface area contributed by atoms with Gasteiger partial charge in [-0.1, -0.05) is 18.2 Å². The number of hydrogen-bond donors (Lipinski definition) is 2. The first-order chi connectivity index (χ1) is 10.6. The summed E-state index contributed by atoms with van der Waals surface area (Å²) in [6, 6.07) is 17.0. The molecule has 1 amide bonds. The molecule has 0 aliphatic carbocycles.